The number of nitrogens with zero attached hydrogens (tertiary/aromatic N) is 1. The molecule has 5 fully saturated rings. The number of hydrogen-bond acceptors (Lipinski definition) is 1. The summed E-state index contributed by atoms with van der Waals surface area (Å²) >= 11 is 0. The predicted molar refractivity (Wildman–Crippen MR) is 155 cm³/mol. The van der Waals surface area contributed by atoms with Crippen molar-refractivity contribution in [1.82, 2.24) is 4.90 Å². The topological polar surface area (TPSA) is 3.24 Å². The first-order chi connectivity index (χ1) is 17.4. The SMILES string of the molecule is C=C=C/C=C\C(=C/CC)C1CCC2(C)C3CCC4CC(CCN5CCCC5)CCC4(C)C3CCC12C. The molecule has 1 nitrogen and oxygen atoms in total. The van der Waals surface area contributed by atoms with E-state index in [9.17, 15) is 0 Å². The standard InChI is InChI=1S/C35H55N/c1-6-8-9-13-28(12-7-2)30-17-21-35(5)32-15-14-29-26-27(19-25-36-23-10-11-24-36)16-20-33(29,3)31(32)18-22-34(30,35)4/h8-9,12-13,27,29-32H,1,7,10-11,14-26H2,2-5H3/b13-9-,28-12+. The average molecular weight is 490 g/mol. The summed E-state index contributed by atoms with van der Waals surface area (Å²) in [6.45, 7) is 18.4. The number of hydrogen-bond donors (Lipinski definition) is 0. The minimum Gasteiger partial charge on any atom is -0.303 e. The molecule has 0 bridgehead atoms. The Kier molecular flexibility index (Phi) is 7.83. The summed E-state index contributed by atoms with van der Waals surface area (Å²) < 4.78 is 0. The first-order valence-electron chi connectivity index (χ1n) is 15.8. The van der Waals surface area contributed by atoms with Crippen molar-refractivity contribution in [3.8, 4) is 0 Å². The van der Waals surface area contributed by atoms with Crippen molar-refractivity contribution in [3.63, 3.8) is 0 Å². The molecular weight excluding hydrogens is 434 g/mol. The molecule has 1 heteroatoms. The molecule has 5 aliphatic rings. The molecular formula is C35H55N. The monoisotopic (exact) mass is 489 g/mol. The van der Waals surface area contributed by atoms with Crippen molar-refractivity contribution in [1.29, 1.82) is 0 Å². The van der Waals surface area contributed by atoms with Gasteiger partial charge in [-0.25, -0.2) is 0 Å². The maximum absolute atomic E-state index is 3.76. The fourth-order valence-electron chi connectivity index (χ4n) is 10.7. The van der Waals surface area contributed by atoms with Crippen LogP contribution in [0.1, 0.15) is 111 Å². The van der Waals surface area contributed by atoms with Gasteiger partial charge in [-0.05, 0) is 161 Å². The molecule has 4 aliphatic carbocycles. The van der Waals surface area contributed by atoms with Crippen molar-refractivity contribution in [2.45, 2.75) is 111 Å². The van der Waals surface area contributed by atoms with Crippen LogP contribution in [0.15, 0.2) is 42.2 Å². The molecule has 4 saturated carbocycles. The van der Waals surface area contributed by atoms with E-state index in [1.54, 1.807) is 5.57 Å². The maximum Gasteiger partial charge on any atom is -0.00161 e. The van der Waals surface area contributed by atoms with Gasteiger partial charge in [0.15, 0.2) is 0 Å². The van der Waals surface area contributed by atoms with Crippen LogP contribution in [-0.4, -0.2) is 24.5 Å². The second-order valence-corrected chi connectivity index (χ2v) is 14.3. The van der Waals surface area contributed by atoms with Crippen molar-refractivity contribution < 1.29 is 0 Å². The van der Waals surface area contributed by atoms with E-state index in [1.807, 2.05) is 6.08 Å². The molecule has 8 atom stereocenters. The Morgan fingerprint density at radius 2 is 1.72 bits per heavy atom. The fraction of sp³-hybridized carbons (Fsp3) is 0.800. The van der Waals surface area contributed by atoms with Gasteiger partial charge in [0.05, 0.1) is 0 Å². The first-order valence-corrected chi connectivity index (χ1v) is 15.8. The molecule has 0 spiro atoms. The molecule has 36 heavy (non-hydrogen) atoms. The smallest absolute Gasteiger partial charge is 0.00161 e. The third-order valence-electron chi connectivity index (χ3n) is 13.0. The van der Waals surface area contributed by atoms with E-state index >= 15 is 0 Å². The molecule has 5 rings (SSSR count). The summed E-state index contributed by atoms with van der Waals surface area (Å²) in [6.07, 6.45) is 27.8. The van der Waals surface area contributed by atoms with Gasteiger partial charge in [-0.15, -0.1) is 5.73 Å². The van der Waals surface area contributed by atoms with Gasteiger partial charge >= 0.3 is 0 Å². The summed E-state index contributed by atoms with van der Waals surface area (Å²) in [6, 6.07) is 0. The van der Waals surface area contributed by atoms with E-state index in [0.29, 0.717) is 22.2 Å². The second kappa shape index (κ2) is 10.6. The highest BCUT2D eigenvalue weighted by atomic mass is 15.1. The normalized spacial score (nSPS) is 45.2. The minimum atomic E-state index is 0.438. The molecule has 200 valence electrons. The zero-order valence-corrected chi connectivity index (χ0v) is 24.2. The van der Waals surface area contributed by atoms with Crippen LogP contribution in [0.4, 0.5) is 0 Å². The highest BCUT2D eigenvalue weighted by Crippen LogP contribution is 2.73. The van der Waals surface area contributed by atoms with Crippen LogP contribution in [0.3, 0.4) is 0 Å². The lowest BCUT2D eigenvalue weighted by atomic mass is 9.40. The lowest BCUT2D eigenvalue weighted by Gasteiger charge is -2.65. The minimum absolute atomic E-state index is 0.438. The quantitative estimate of drug-likeness (QED) is 0.254. The van der Waals surface area contributed by atoms with Gasteiger partial charge < -0.3 is 4.90 Å². The lowest BCUT2D eigenvalue weighted by Crippen LogP contribution is -2.57. The summed E-state index contributed by atoms with van der Waals surface area (Å²) in [5.74, 6) is 4.60. The van der Waals surface area contributed by atoms with Crippen LogP contribution in [0.25, 0.3) is 0 Å². The lowest BCUT2D eigenvalue weighted by molar-refractivity contribution is -0.155. The van der Waals surface area contributed by atoms with Gasteiger partial charge in [-0.1, -0.05) is 52.5 Å². The molecule has 8 unspecified atom stereocenters. The Labute approximate surface area is 223 Å². The van der Waals surface area contributed by atoms with Gasteiger partial charge in [0.25, 0.3) is 0 Å². The van der Waals surface area contributed by atoms with Crippen LogP contribution in [0, 0.1) is 45.8 Å². The molecule has 0 amide bonds. The summed E-state index contributed by atoms with van der Waals surface area (Å²) in [5.41, 5.74) is 6.06. The van der Waals surface area contributed by atoms with E-state index in [-0.39, 0.29) is 0 Å². The third-order valence-corrected chi connectivity index (χ3v) is 13.0. The van der Waals surface area contributed by atoms with E-state index in [0.717, 1.165) is 30.1 Å². The van der Waals surface area contributed by atoms with Crippen LogP contribution in [-0.2, 0) is 0 Å². The Morgan fingerprint density at radius 1 is 0.944 bits per heavy atom. The van der Waals surface area contributed by atoms with E-state index in [1.165, 1.54) is 96.7 Å². The van der Waals surface area contributed by atoms with Crippen LogP contribution < -0.4 is 0 Å². The zero-order chi connectivity index (χ0) is 25.4. The van der Waals surface area contributed by atoms with Crippen LogP contribution >= 0.6 is 0 Å². The zero-order valence-electron chi connectivity index (χ0n) is 24.2. The number of likely N-dealkylation sites (tertiary alicyclic amines) is 1. The molecule has 0 aromatic carbocycles. The molecule has 0 radical (unpaired) electrons. The van der Waals surface area contributed by atoms with Crippen LogP contribution in [0.2, 0.25) is 0 Å². The van der Waals surface area contributed by atoms with Gasteiger partial charge in [-0.3, -0.25) is 0 Å². The largest absolute Gasteiger partial charge is 0.303 e. The summed E-state index contributed by atoms with van der Waals surface area (Å²) in [4.78, 5) is 2.74. The van der Waals surface area contributed by atoms with Crippen molar-refractivity contribution in [2.24, 2.45) is 45.8 Å². The predicted octanol–water partition coefficient (Wildman–Crippen LogP) is 9.37. The second-order valence-electron chi connectivity index (χ2n) is 14.3. The average Bonchev–Trinajstić information content (AvgIpc) is 3.48. The van der Waals surface area contributed by atoms with E-state index < -0.39 is 0 Å². The Balaban J connectivity index is 1.31. The van der Waals surface area contributed by atoms with Crippen molar-refractivity contribution in [2.75, 3.05) is 19.6 Å². The number of allylic oxidation sites excluding steroid dienone is 5. The Hall–Kier alpha value is -1.04. The molecule has 0 aromatic heterocycles. The van der Waals surface area contributed by atoms with Crippen molar-refractivity contribution >= 4 is 0 Å². The van der Waals surface area contributed by atoms with Gasteiger partial charge in [0.2, 0.25) is 0 Å². The number of rotatable bonds is 7. The van der Waals surface area contributed by atoms with Gasteiger partial charge in [-0.2, -0.15) is 0 Å². The van der Waals surface area contributed by atoms with E-state index in [2.05, 4.69) is 63.1 Å². The number of fused-ring (bicyclic) bond motifs is 5. The fourth-order valence-corrected chi connectivity index (χ4v) is 10.7. The summed E-state index contributed by atoms with van der Waals surface area (Å²) in [5, 5.41) is 0. The Bertz CT molecular complexity index is 884. The first kappa shape index (κ1) is 26.6. The summed E-state index contributed by atoms with van der Waals surface area (Å²) in [7, 11) is 0. The van der Waals surface area contributed by atoms with E-state index in [4.69, 9.17) is 0 Å². The third kappa shape index (κ3) is 4.45. The molecule has 1 heterocycles. The Morgan fingerprint density at radius 3 is 2.47 bits per heavy atom. The highest BCUT2D eigenvalue weighted by molar-refractivity contribution is 5.30. The van der Waals surface area contributed by atoms with Gasteiger partial charge in [0, 0.05) is 0 Å². The molecule has 0 N–H and O–H groups in total. The van der Waals surface area contributed by atoms with Crippen molar-refractivity contribution in [3.05, 3.63) is 42.2 Å². The highest BCUT2D eigenvalue weighted by Gasteiger charge is 2.65. The molecule has 0 aromatic rings. The van der Waals surface area contributed by atoms with Gasteiger partial charge in [0.1, 0.15) is 0 Å². The maximum atomic E-state index is 3.76. The van der Waals surface area contributed by atoms with Crippen LogP contribution in [0.5, 0.6) is 0 Å². The molecule has 1 saturated heterocycles. The molecule has 1 aliphatic heterocycles.